The number of rotatable bonds is 4. The molecule has 1 aliphatic carbocycles. The molecule has 0 radical (unpaired) electrons. The Bertz CT molecular complexity index is 1240. The molecule has 2 aromatic rings. The molecule has 0 bridgehead atoms. The van der Waals surface area contributed by atoms with Crippen molar-refractivity contribution in [2.24, 2.45) is 17.1 Å². The highest BCUT2D eigenvalue weighted by Crippen LogP contribution is 2.55. The van der Waals surface area contributed by atoms with E-state index < -0.39 is 16.3 Å². The molecule has 2 heterocycles. The van der Waals surface area contributed by atoms with Gasteiger partial charge in [-0.15, -0.1) is 11.3 Å². The average Bonchev–Trinajstić information content (AvgIpc) is 3.29. The zero-order valence-corrected chi connectivity index (χ0v) is 17.7. The van der Waals surface area contributed by atoms with E-state index in [4.69, 9.17) is 5.73 Å². The van der Waals surface area contributed by atoms with Gasteiger partial charge in [0.15, 0.2) is 5.41 Å². The molecule has 0 amide bonds. The van der Waals surface area contributed by atoms with Crippen LogP contribution in [0.15, 0.2) is 64.7 Å². The van der Waals surface area contributed by atoms with E-state index in [-0.39, 0.29) is 22.9 Å². The summed E-state index contributed by atoms with van der Waals surface area (Å²) in [6, 6.07) is 17.5. The van der Waals surface area contributed by atoms with Gasteiger partial charge < -0.3 is 5.73 Å². The predicted octanol–water partition coefficient (Wildman–Crippen LogP) is 3.58. The summed E-state index contributed by atoms with van der Waals surface area (Å²) in [6.45, 7) is 1.73. The highest BCUT2D eigenvalue weighted by Gasteiger charge is 2.55. The Balaban J connectivity index is 1.84. The summed E-state index contributed by atoms with van der Waals surface area (Å²) in [5, 5.41) is 42.7. The van der Waals surface area contributed by atoms with Gasteiger partial charge in [-0.1, -0.05) is 36.4 Å². The first-order chi connectivity index (χ1) is 15.4. The molecular weight excluding hydrogens is 424 g/mol. The van der Waals surface area contributed by atoms with Crippen LogP contribution >= 0.6 is 11.3 Å². The van der Waals surface area contributed by atoms with Gasteiger partial charge in [0.05, 0.1) is 33.7 Å². The van der Waals surface area contributed by atoms with Crippen molar-refractivity contribution in [1.29, 1.82) is 15.8 Å². The highest BCUT2D eigenvalue weighted by molar-refractivity contribution is 7.10. The minimum absolute atomic E-state index is 0.0786. The Morgan fingerprint density at radius 1 is 1.25 bits per heavy atom. The lowest BCUT2D eigenvalue weighted by atomic mass is 9.59. The molecule has 0 fully saturated rings. The Kier molecular flexibility index (Phi) is 5.50. The molecular formula is C23H18N6O2S. The fourth-order valence-corrected chi connectivity index (χ4v) is 5.70. The van der Waals surface area contributed by atoms with Gasteiger partial charge in [-0.25, -0.2) is 0 Å². The van der Waals surface area contributed by atoms with Crippen LogP contribution in [-0.4, -0.2) is 22.9 Å². The van der Waals surface area contributed by atoms with Gasteiger partial charge in [0, 0.05) is 42.4 Å². The third-order valence-corrected chi connectivity index (χ3v) is 7.12. The van der Waals surface area contributed by atoms with Gasteiger partial charge in [-0.05, 0) is 11.1 Å². The lowest BCUT2D eigenvalue weighted by molar-refractivity contribution is -0.384. The van der Waals surface area contributed by atoms with Gasteiger partial charge in [0.1, 0.15) is 6.07 Å². The van der Waals surface area contributed by atoms with E-state index in [0.717, 1.165) is 16.9 Å². The molecule has 8 nitrogen and oxygen atoms in total. The Hall–Kier alpha value is -3.97. The highest BCUT2D eigenvalue weighted by atomic mass is 32.1. The van der Waals surface area contributed by atoms with Gasteiger partial charge >= 0.3 is 0 Å². The van der Waals surface area contributed by atoms with E-state index in [1.807, 2.05) is 36.4 Å². The summed E-state index contributed by atoms with van der Waals surface area (Å²) < 4.78 is 0. The normalized spacial score (nSPS) is 22.1. The Labute approximate surface area is 188 Å². The van der Waals surface area contributed by atoms with Crippen LogP contribution in [0.5, 0.6) is 0 Å². The second-order valence-corrected chi connectivity index (χ2v) is 8.76. The lowest BCUT2D eigenvalue weighted by Crippen LogP contribution is -2.47. The number of allylic oxidation sites excluding steroid dienone is 2. The smallest absolute Gasteiger partial charge is 0.280 e. The second-order valence-electron chi connectivity index (χ2n) is 7.82. The van der Waals surface area contributed by atoms with Crippen LogP contribution in [-0.2, 0) is 6.54 Å². The standard InChI is InChI=1S/C23H18N6O2S/c24-9-18-17-6-7-28(10-15-4-2-1-3-5-15)11-19(17)21(23(13-25,14-26)22(18)27)20-8-16(12-32-20)29(30)31/h1-6,8,12,19,21H,7,10-11,27H2/t19-,21+/m0/s1. The monoisotopic (exact) mass is 442 g/mol. The van der Waals surface area contributed by atoms with Crippen molar-refractivity contribution in [2.45, 2.75) is 12.5 Å². The minimum Gasteiger partial charge on any atom is -0.399 e. The molecule has 2 aliphatic rings. The van der Waals surface area contributed by atoms with Crippen LogP contribution in [0.1, 0.15) is 16.4 Å². The van der Waals surface area contributed by atoms with Crippen LogP contribution in [0.4, 0.5) is 5.69 Å². The summed E-state index contributed by atoms with van der Waals surface area (Å²) in [4.78, 5) is 13.5. The van der Waals surface area contributed by atoms with E-state index in [2.05, 4.69) is 23.1 Å². The van der Waals surface area contributed by atoms with E-state index in [0.29, 0.717) is 30.1 Å². The summed E-state index contributed by atoms with van der Waals surface area (Å²) in [7, 11) is 0. The summed E-state index contributed by atoms with van der Waals surface area (Å²) in [6.07, 6.45) is 1.93. The maximum atomic E-state index is 11.3. The zero-order valence-electron chi connectivity index (χ0n) is 16.9. The quantitative estimate of drug-likeness (QED) is 0.563. The molecule has 0 saturated carbocycles. The molecule has 158 valence electrons. The molecule has 2 atom stereocenters. The molecule has 0 spiro atoms. The third kappa shape index (κ3) is 3.33. The molecule has 0 unspecified atom stereocenters. The van der Waals surface area contributed by atoms with Crippen molar-refractivity contribution < 1.29 is 4.92 Å². The first-order valence-electron chi connectivity index (χ1n) is 9.87. The fraction of sp³-hybridized carbons (Fsp3) is 0.261. The summed E-state index contributed by atoms with van der Waals surface area (Å²) >= 11 is 1.14. The van der Waals surface area contributed by atoms with Crippen molar-refractivity contribution in [3.63, 3.8) is 0 Å². The second kappa shape index (κ2) is 8.28. The number of thiophene rings is 1. The number of fused-ring (bicyclic) bond motifs is 1. The van der Waals surface area contributed by atoms with Gasteiger partial charge in [-0.2, -0.15) is 15.8 Å². The van der Waals surface area contributed by atoms with Crippen molar-refractivity contribution in [3.05, 3.63) is 85.3 Å². The van der Waals surface area contributed by atoms with E-state index in [1.54, 1.807) is 0 Å². The van der Waals surface area contributed by atoms with Gasteiger partial charge in [-0.3, -0.25) is 15.0 Å². The van der Waals surface area contributed by atoms with Crippen molar-refractivity contribution in [3.8, 4) is 18.2 Å². The van der Waals surface area contributed by atoms with Crippen molar-refractivity contribution in [2.75, 3.05) is 13.1 Å². The first-order valence-corrected chi connectivity index (χ1v) is 10.8. The van der Waals surface area contributed by atoms with E-state index in [9.17, 15) is 25.9 Å². The molecule has 1 aromatic heterocycles. The third-order valence-electron chi connectivity index (χ3n) is 6.11. The van der Waals surface area contributed by atoms with Gasteiger partial charge in [0.2, 0.25) is 0 Å². The Morgan fingerprint density at radius 3 is 2.56 bits per heavy atom. The predicted molar refractivity (Wildman–Crippen MR) is 117 cm³/mol. The lowest BCUT2D eigenvalue weighted by Gasteiger charge is -2.45. The molecule has 9 heteroatoms. The van der Waals surface area contributed by atoms with E-state index in [1.165, 1.54) is 11.4 Å². The summed E-state index contributed by atoms with van der Waals surface area (Å²) in [5.74, 6) is -1.11. The zero-order chi connectivity index (χ0) is 22.9. The first kappa shape index (κ1) is 21.3. The van der Waals surface area contributed by atoms with Crippen molar-refractivity contribution in [1.82, 2.24) is 4.90 Å². The number of hydrogen-bond acceptors (Lipinski definition) is 8. The topological polar surface area (TPSA) is 144 Å². The molecule has 4 rings (SSSR count). The van der Waals surface area contributed by atoms with Crippen LogP contribution in [0.25, 0.3) is 0 Å². The van der Waals surface area contributed by atoms with Gasteiger partial charge in [0.25, 0.3) is 5.69 Å². The maximum absolute atomic E-state index is 11.3. The van der Waals surface area contributed by atoms with E-state index >= 15 is 0 Å². The van der Waals surface area contributed by atoms with Crippen LogP contribution in [0, 0.1) is 55.4 Å². The fourth-order valence-electron chi connectivity index (χ4n) is 4.62. The van der Waals surface area contributed by atoms with Crippen molar-refractivity contribution >= 4 is 17.0 Å². The number of nitrogens with two attached hydrogens (primary N) is 1. The van der Waals surface area contributed by atoms with Crippen LogP contribution < -0.4 is 5.73 Å². The number of nitro groups is 1. The number of hydrogen-bond donors (Lipinski definition) is 1. The summed E-state index contributed by atoms with van der Waals surface area (Å²) in [5.41, 5.74) is 6.31. The molecule has 1 aromatic carbocycles. The SMILES string of the molecule is N#CC1=C(N)C(C#N)(C#N)[C@@H](c2cc([N+](=O)[O-])cs2)[C@H]2CN(Cc3ccccc3)CC=C12. The van der Waals surface area contributed by atoms with Crippen LogP contribution in [0.3, 0.4) is 0 Å². The Morgan fingerprint density at radius 2 is 1.97 bits per heavy atom. The maximum Gasteiger partial charge on any atom is 0.280 e. The molecule has 0 saturated heterocycles. The molecule has 32 heavy (non-hydrogen) atoms. The number of nitrogens with zero attached hydrogens (tertiary/aromatic N) is 5. The molecule has 1 aliphatic heterocycles. The number of benzene rings is 1. The largest absolute Gasteiger partial charge is 0.399 e. The van der Waals surface area contributed by atoms with Crippen LogP contribution in [0.2, 0.25) is 0 Å². The minimum atomic E-state index is -1.79. The number of nitriles is 3. The molecule has 2 N–H and O–H groups in total. The average molecular weight is 443 g/mol.